The maximum atomic E-state index is 10.0. The first-order valence-corrected chi connectivity index (χ1v) is 1.81. The highest BCUT2D eigenvalue weighted by atomic mass is 16.7. The van der Waals surface area contributed by atoms with Crippen LogP contribution in [-0.2, 0) is 9.63 Å². The second-order valence-electron chi connectivity index (χ2n) is 1.22. The van der Waals surface area contributed by atoms with Gasteiger partial charge in [0, 0.05) is 6.92 Å². The van der Waals surface area contributed by atoms with Crippen LogP contribution >= 0.6 is 0 Å². The molecule has 1 aliphatic rings. The third kappa shape index (κ3) is 0.765. The lowest BCUT2D eigenvalue weighted by Gasteiger charge is -1.75. The van der Waals surface area contributed by atoms with Gasteiger partial charge in [-0.25, -0.2) is 4.79 Å². The Hall–Kier alpha value is -0.860. The van der Waals surface area contributed by atoms with Gasteiger partial charge in [-0.05, 0) is 0 Å². The number of hydrogen-bond donors (Lipinski definition) is 0. The van der Waals surface area contributed by atoms with Crippen molar-refractivity contribution >= 4 is 11.7 Å². The largest absolute Gasteiger partial charge is 0.340 e. The molecule has 0 aliphatic carbocycles. The molecule has 0 aromatic heterocycles. The molecule has 3 nitrogen and oxygen atoms in total. The first kappa shape index (κ1) is 4.30. The van der Waals surface area contributed by atoms with E-state index in [9.17, 15) is 4.79 Å². The van der Waals surface area contributed by atoms with Crippen LogP contribution < -0.4 is 0 Å². The molecule has 0 saturated carbocycles. The molecule has 2 radical (unpaired) electrons. The van der Waals surface area contributed by atoms with Crippen LogP contribution in [0.1, 0.15) is 6.42 Å². The minimum Gasteiger partial charge on any atom is -0.318 e. The molecule has 7 heavy (non-hydrogen) atoms. The van der Waals surface area contributed by atoms with Crippen molar-refractivity contribution in [2.24, 2.45) is 5.16 Å². The summed E-state index contributed by atoms with van der Waals surface area (Å²) in [6.45, 7) is 5.03. The van der Waals surface area contributed by atoms with Crippen LogP contribution in [0.4, 0.5) is 0 Å². The zero-order chi connectivity index (χ0) is 5.28. The van der Waals surface area contributed by atoms with E-state index in [4.69, 9.17) is 6.92 Å². The van der Waals surface area contributed by atoms with Gasteiger partial charge in [-0.3, -0.25) is 0 Å². The van der Waals surface area contributed by atoms with E-state index < -0.39 is 0 Å². The molecule has 0 fully saturated rings. The molecule has 0 aromatic rings. The Morgan fingerprint density at radius 3 is 2.71 bits per heavy atom. The fraction of sp³-hybridized carbons (Fsp3) is 0.250. The van der Waals surface area contributed by atoms with Gasteiger partial charge in [0.05, 0.1) is 12.1 Å². The number of rotatable bonds is 0. The maximum absolute atomic E-state index is 10.0. The van der Waals surface area contributed by atoms with E-state index in [0.717, 1.165) is 0 Å². The van der Waals surface area contributed by atoms with Gasteiger partial charge in [-0.1, -0.05) is 5.16 Å². The number of carbonyl (C=O) groups is 1. The Labute approximate surface area is 41.0 Å². The predicted octanol–water partition coefficient (Wildman–Crippen LogP) is 0.000390. The third-order valence-corrected chi connectivity index (χ3v) is 0.590. The van der Waals surface area contributed by atoms with E-state index in [1.165, 1.54) is 0 Å². The van der Waals surface area contributed by atoms with E-state index in [2.05, 4.69) is 9.99 Å². The zero-order valence-corrected chi connectivity index (χ0v) is 3.55. The topological polar surface area (TPSA) is 38.7 Å². The van der Waals surface area contributed by atoms with Gasteiger partial charge < -0.3 is 4.84 Å². The highest BCUT2D eigenvalue weighted by Crippen LogP contribution is 1.98. The quantitative estimate of drug-likeness (QED) is 0.399. The minimum atomic E-state index is -0.377. The summed E-state index contributed by atoms with van der Waals surface area (Å²) in [6, 6.07) is 0. The molecule has 0 amide bonds. The first-order chi connectivity index (χ1) is 3.29. The zero-order valence-electron chi connectivity index (χ0n) is 3.55. The van der Waals surface area contributed by atoms with Gasteiger partial charge in [0.15, 0.2) is 0 Å². The Kier molecular flexibility index (Phi) is 0.817. The number of carbonyl (C=O) groups excluding carboxylic acids is 1. The van der Waals surface area contributed by atoms with Crippen molar-refractivity contribution in [2.45, 2.75) is 6.42 Å². The molecule has 3 heteroatoms. The lowest BCUT2D eigenvalue weighted by Crippen LogP contribution is -1.93. The lowest BCUT2D eigenvalue weighted by atomic mass is 10.3. The highest BCUT2D eigenvalue weighted by Gasteiger charge is 2.11. The van der Waals surface area contributed by atoms with E-state index in [1.54, 1.807) is 0 Å². The molecule has 0 aromatic carbocycles. The van der Waals surface area contributed by atoms with Gasteiger partial charge in [0.25, 0.3) is 0 Å². The average Bonchev–Trinajstić information content (AvgIpc) is 1.87. The Morgan fingerprint density at radius 2 is 2.57 bits per heavy atom. The minimum absolute atomic E-state index is 0.139. The van der Waals surface area contributed by atoms with Crippen LogP contribution in [0, 0.1) is 6.92 Å². The van der Waals surface area contributed by atoms with Crippen LogP contribution in [0.15, 0.2) is 5.16 Å². The molecule has 0 N–H and O–H groups in total. The summed E-state index contributed by atoms with van der Waals surface area (Å²) < 4.78 is 0. The molecular weight excluding hydrogens is 94.0 g/mol. The van der Waals surface area contributed by atoms with E-state index in [1.807, 2.05) is 0 Å². The average molecular weight is 97.1 g/mol. The first-order valence-electron chi connectivity index (χ1n) is 1.81. The van der Waals surface area contributed by atoms with Crippen LogP contribution in [0.2, 0.25) is 0 Å². The maximum Gasteiger partial charge on any atom is 0.340 e. The molecule has 0 spiro atoms. The van der Waals surface area contributed by atoms with Crippen molar-refractivity contribution in [3.8, 4) is 0 Å². The van der Waals surface area contributed by atoms with Gasteiger partial charge in [0.2, 0.25) is 0 Å². The van der Waals surface area contributed by atoms with Crippen molar-refractivity contribution in [3.05, 3.63) is 6.92 Å². The number of oxime groups is 1. The summed E-state index contributed by atoms with van der Waals surface area (Å²) in [6.07, 6.45) is 0.139. The fourth-order valence-corrected chi connectivity index (χ4v) is 0.322. The van der Waals surface area contributed by atoms with Crippen LogP contribution in [-0.4, -0.2) is 11.7 Å². The second kappa shape index (κ2) is 1.33. The Balaban J connectivity index is 2.58. The molecule has 0 bridgehead atoms. The van der Waals surface area contributed by atoms with Crippen molar-refractivity contribution in [2.75, 3.05) is 0 Å². The smallest absolute Gasteiger partial charge is 0.318 e. The Bertz CT molecular complexity index is 128. The Morgan fingerprint density at radius 1 is 1.86 bits per heavy atom. The summed E-state index contributed by atoms with van der Waals surface area (Å²) >= 11 is 0. The normalized spacial score (nSPS) is 19.0. The third-order valence-electron chi connectivity index (χ3n) is 0.590. The monoisotopic (exact) mass is 97.0 g/mol. The van der Waals surface area contributed by atoms with Crippen molar-refractivity contribution in [3.63, 3.8) is 0 Å². The van der Waals surface area contributed by atoms with Crippen molar-refractivity contribution < 1.29 is 9.63 Å². The highest BCUT2D eigenvalue weighted by molar-refractivity contribution is 6.04. The molecule has 36 valence electrons. The van der Waals surface area contributed by atoms with Gasteiger partial charge in [-0.2, -0.15) is 0 Å². The number of nitrogens with zero attached hydrogens (tertiary/aromatic N) is 1. The van der Waals surface area contributed by atoms with Crippen molar-refractivity contribution in [1.29, 1.82) is 0 Å². The van der Waals surface area contributed by atoms with E-state index >= 15 is 0 Å². The molecule has 0 unspecified atom stereocenters. The SMILES string of the molecule is [CH]C1=NOC(=O)C1. The van der Waals surface area contributed by atoms with Gasteiger partial charge in [-0.15, -0.1) is 0 Å². The second-order valence-corrected chi connectivity index (χ2v) is 1.22. The van der Waals surface area contributed by atoms with E-state index in [0.29, 0.717) is 0 Å². The molecule has 0 saturated heterocycles. The molecular formula is C4H3NO2. The lowest BCUT2D eigenvalue weighted by molar-refractivity contribution is -0.140. The fourth-order valence-electron chi connectivity index (χ4n) is 0.322. The van der Waals surface area contributed by atoms with Crippen LogP contribution in [0.3, 0.4) is 0 Å². The summed E-state index contributed by atoms with van der Waals surface area (Å²) in [5.74, 6) is -0.377. The summed E-state index contributed by atoms with van der Waals surface area (Å²) in [7, 11) is 0. The van der Waals surface area contributed by atoms with Crippen LogP contribution in [0.5, 0.6) is 0 Å². The van der Waals surface area contributed by atoms with Gasteiger partial charge in [0.1, 0.15) is 0 Å². The molecule has 1 rings (SSSR count). The molecule has 1 aliphatic heterocycles. The van der Waals surface area contributed by atoms with Crippen LogP contribution in [0.25, 0.3) is 0 Å². The van der Waals surface area contributed by atoms with Crippen molar-refractivity contribution in [1.82, 2.24) is 0 Å². The van der Waals surface area contributed by atoms with E-state index in [-0.39, 0.29) is 18.1 Å². The predicted molar refractivity (Wildman–Crippen MR) is 22.4 cm³/mol. The summed E-state index contributed by atoms with van der Waals surface area (Å²) in [5, 5.41) is 3.16. The molecule has 1 heterocycles. The summed E-state index contributed by atoms with van der Waals surface area (Å²) in [5.41, 5.74) is 0.255. The summed E-state index contributed by atoms with van der Waals surface area (Å²) in [4.78, 5) is 14.1. The van der Waals surface area contributed by atoms with Gasteiger partial charge >= 0.3 is 5.97 Å². The standard InChI is InChI=1S/C4H3NO2/c1-3-2-4(6)7-5-3/h1H,2H2. The molecule has 0 atom stereocenters. The number of hydrogen-bond acceptors (Lipinski definition) is 3.